The van der Waals surface area contributed by atoms with Crippen LogP contribution in [0.15, 0.2) is 42.5 Å². The molecular weight excluding hydrogens is 487 g/mol. The highest BCUT2D eigenvalue weighted by Gasteiger charge is 2.37. The van der Waals surface area contributed by atoms with E-state index in [1.807, 2.05) is 4.90 Å². The summed E-state index contributed by atoms with van der Waals surface area (Å²) in [4.78, 5) is 29.6. The Bertz CT molecular complexity index is 1340. The third-order valence-corrected chi connectivity index (χ3v) is 7.17. The van der Waals surface area contributed by atoms with E-state index in [1.165, 1.54) is 24.3 Å². The van der Waals surface area contributed by atoms with Crippen molar-refractivity contribution < 1.29 is 27.5 Å². The first kappa shape index (κ1) is 24.8. The minimum atomic E-state index is -4.75. The lowest BCUT2D eigenvalue weighted by Crippen LogP contribution is -2.33. The Balaban J connectivity index is 1.16. The number of H-pyrrole nitrogens is 1. The molecule has 1 aromatic heterocycles. The first-order valence-corrected chi connectivity index (χ1v) is 12.1. The Morgan fingerprint density at radius 3 is 2.46 bits per heavy atom. The quantitative estimate of drug-likeness (QED) is 0.529. The summed E-state index contributed by atoms with van der Waals surface area (Å²) in [6.07, 6.45) is -0.0602. The van der Waals surface area contributed by atoms with Gasteiger partial charge in [0.15, 0.2) is 0 Å². The average Bonchev–Trinajstić information content (AvgIpc) is 3.44. The number of nitrogens with zero attached hydrogens (tertiary/aromatic N) is 4. The maximum Gasteiger partial charge on any atom is 0.573 e. The van der Waals surface area contributed by atoms with Crippen molar-refractivity contribution >= 4 is 28.9 Å². The lowest BCUT2D eigenvalue weighted by Gasteiger charge is -2.21. The second-order valence-corrected chi connectivity index (χ2v) is 9.58. The molecule has 0 saturated carbocycles. The van der Waals surface area contributed by atoms with E-state index in [0.717, 1.165) is 18.4 Å². The van der Waals surface area contributed by atoms with Crippen LogP contribution >= 0.6 is 0 Å². The molecule has 0 spiro atoms. The number of carbonyl (C=O) groups excluding carboxylic acids is 2. The molecule has 5 rings (SSSR count). The number of halogens is 3. The molecule has 194 valence electrons. The van der Waals surface area contributed by atoms with E-state index in [9.17, 15) is 22.8 Å². The number of fused-ring (bicyclic) bond motifs is 2. The summed E-state index contributed by atoms with van der Waals surface area (Å²) in [6, 6.07) is 9.36. The third-order valence-electron chi connectivity index (χ3n) is 7.17. The molecule has 2 saturated heterocycles. The predicted octanol–water partition coefficient (Wildman–Crippen LogP) is 4.19. The van der Waals surface area contributed by atoms with Crippen LogP contribution in [0.5, 0.6) is 5.75 Å². The molecule has 11 heteroatoms. The van der Waals surface area contributed by atoms with Crippen LogP contribution in [0, 0.1) is 18.8 Å². The fourth-order valence-corrected chi connectivity index (χ4v) is 5.19. The summed E-state index contributed by atoms with van der Waals surface area (Å²) >= 11 is 0. The van der Waals surface area contributed by atoms with Gasteiger partial charge in [-0.25, -0.2) is 0 Å². The topological polar surface area (TPSA) is 91.4 Å². The second kappa shape index (κ2) is 9.87. The molecule has 2 amide bonds. The molecule has 0 radical (unpaired) electrons. The van der Waals surface area contributed by atoms with Crippen molar-refractivity contribution in [1.29, 1.82) is 0 Å². The molecule has 1 N–H and O–H groups in total. The van der Waals surface area contributed by atoms with Gasteiger partial charge in [0, 0.05) is 37.8 Å². The van der Waals surface area contributed by atoms with Crippen LogP contribution < -0.4 is 4.74 Å². The number of carbonyl (C=O) groups is 2. The molecule has 3 heterocycles. The number of amides is 2. The van der Waals surface area contributed by atoms with Gasteiger partial charge >= 0.3 is 6.36 Å². The minimum absolute atomic E-state index is 0.0177. The Morgan fingerprint density at radius 1 is 1.05 bits per heavy atom. The van der Waals surface area contributed by atoms with Gasteiger partial charge in [0.2, 0.25) is 5.91 Å². The van der Waals surface area contributed by atoms with Crippen molar-refractivity contribution in [2.75, 3.05) is 26.2 Å². The lowest BCUT2D eigenvalue weighted by molar-refractivity contribution is -0.274. The molecule has 2 aliphatic rings. The lowest BCUT2D eigenvalue weighted by atomic mass is 9.92. The van der Waals surface area contributed by atoms with Crippen molar-refractivity contribution in [3.63, 3.8) is 0 Å². The van der Waals surface area contributed by atoms with Gasteiger partial charge in [-0.2, -0.15) is 0 Å². The normalized spacial score (nSPS) is 20.3. The number of aromatic amines is 1. The third kappa shape index (κ3) is 5.60. The summed E-state index contributed by atoms with van der Waals surface area (Å²) in [5.41, 5.74) is 3.25. The van der Waals surface area contributed by atoms with E-state index in [-0.39, 0.29) is 17.6 Å². The van der Waals surface area contributed by atoms with E-state index in [4.69, 9.17) is 0 Å². The zero-order chi connectivity index (χ0) is 26.2. The Labute approximate surface area is 211 Å². The number of benzene rings is 2. The van der Waals surface area contributed by atoms with E-state index in [1.54, 1.807) is 36.1 Å². The first-order chi connectivity index (χ1) is 17.7. The SMILES string of the molecule is Cc1cc(OC(F)(F)F)ccc1C=CC(=O)N1CC[C@@H]2CN(C(=O)c3ccc4[nH]nnc4c3)C[C@@H]2CC1. The van der Waals surface area contributed by atoms with Gasteiger partial charge in [-0.05, 0) is 79.1 Å². The maximum absolute atomic E-state index is 13.1. The molecular formula is C26H26F3N5O3. The number of alkyl halides is 3. The van der Waals surface area contributed by atoms with Gasteiger partial charge in [-0.3, -0.25) is 14.7 Å². The Hall–Kier alpha value is -3.89. The van der Waals surface area contributed by atoms with Crippen LogP contribution in [0.1, 0.15) is 34.3 Å². The molecule has 2 aromatic carbocycles. The standard InChI is InChI=1S/C26H26F3N5O3/c1-16-12-21(37-26(27,28)29)5-2-17(16)4-7-24(35)33-10-8-19-14-34(15-20(19)9-11-33)25(36)18-3-6-22-23(13-18)31-32-30-22/h2-7,12-13,19-20H,8-11,14-15H2,1H3,(H,30,31,32)/t19-,20+. The van der Waals surface area contributed by atoms with Crippen LogP contribution in [0.25, 0.3) is 17.1 Å². The first-order valence-electron chi connectivity index (χ1n) is 12.1. The van der Waals surface area contributed by atoms with Crippen molar-refractivity contribution in [2.45, 2.75) is 26.1 Å². The summed E-state index contributed by atoms with van der Waals surface area (Å²) in [7, 11) is 0. The smallest absolute Gasteiger partial charge is 0.406 e. The average molecular weight is 514 g/mol. The molecule has 8 nitrogen and oxygen atoms in total. The van der Waals surface area contributed by atoms with Gasteiger partial charge in [-0.15, -0.1) is 18.3 Å². The monoisotopic (exact) mass is 513 g/mol. The van der Waals surface area contributed by atoms with Crippen LogP contribution in [-0.2, 0) is 4.79 Å². The Kier molecular flexibility index (Phi) is 6.61. The second-order valence-electron chi connectivity index (χ2n) is 9.58. The zero-order valence-electron chi connectivity index (χ0n) is 20.2. The molecule has 3 aromatic rings. The number of rotatable bonds is 4. The van der Waals surface area contributed by atoms with Crippen LogP contribution in [0.3, 0.4) is 0 Å². The fourth-order valence-electron chi connectivity index (χ4n) is 5.19. The number of ether oxygens (including phenoxy) is 1. The molecule has 2 aliphatic heterocycles. The van der Waals surface area contributed by atoms with Gasteiger partial charge in [0.05, 0.1) is 5.52 Å². The minimum Gasteiger partial charge on any atom is -0.406 e. The summed E-state index contributed by atoms with van der Waals surface area (Å²) in [5.74, 6) is 0.202. The maximum atomic E-state index is 13.1. The molecule has 2 atom stereocenters. The van der Waals surface area contributed by atoms with Crippen molar-refractivity contribution in [2.24, 2.45) is 11.8 Å². The summed E-state index contributed by atoms with van der Waals surface area (Å²) in [5, 5.41) is 10.5. The Morgan fingerprint density at radius 2 is 1.78 bits per heavy atom. The largest absolute Gasteiger partial charge is 0.573 e. The van der Waals surface area contributed by atoms with E-state index in [2.05, 4.69) is 20.1 Å². The van der Waals surface area contributed by atoms with Crippen molar-refractivity contribution in [3.05, 3.63) is 59.2 Å². The van der Waals surface area contributed by atoms with E-state index in [0.29, 0.717) is 60.2 Å². The van der Waals surface area contributed by atoms with Gasteiger partial charge < -0.3 is 14.5 Å². The highest BCUT2D eigenvalue weighted by atomic mass is 19.4. The van der Waals surface area contributed by atoms with E-state index >= 15 is 0 Å². The van der Waals surface area contributed by atoms with Crippen LogP contribution in [-0.4, -0.2) is 69.6 Å². The molecule has 0 aliphatic carbocycles. The molecule has 0 unspecified atom stereocenters. The van der Waals surface area contributed by atoms with Gasteiger partial charge in [0.25, 0.3) is 5.91 Å². The van der Waals surface area contributed by atoms with Crippen LogP contribution in [0.4, 0.5) is 13.2 Å². The van der Waals surface area contributed by atoms with Gasteiger partial charge in [-0.1, -0.05) is 11.3 Å². The number of aryl methyl sites for hydroxylation is 1. The number of aromatic nitrogens is 3. The molecule has 37 heavy (non-hydrogen) atoms. The van der Waals surface area contributed by atoms with E-state index < -0.39 is 6.36 Å². The molecule has 0 bridgehead atoms. The zero-order valence-corrected chi connectivity index (χ0v) is 20.2. The number of nitrogens with one attached hydrogen (secondary N) is 1. The number of hydrogen-bond acceptors (Lipinski definition) is 5. The van der Waals surface area contributed by atoms with Gasteiger partial charge in [0.1, 0.15) is 11.3 Å². The summed E-state index contributed by atoms with van der Waals surface area (Å²) in [6.45, 7) is 4.16. The summed E-state index contributed by atoms with van der Waals surface area (Å²) < 4.78 is 41.2. The van der Waals surface area contributed by atoms with Crippen molar-refractivity contribution in [1.82, 2.24) is 25.2 Å². The number of likely N-dealkylation sites (tertiary alicyclic amines) is 2. The molecule has 2 fully saturated rings. The van der Waals surface area contributed by atoms with Crippen molar-refractivity contribution in [3.8, 4) is 5.75 Å². The highest BCUT2D eigenvalue weighted by Crippen LogP contribution is 2.33. The number of hydrogen-bond donors (Lipinski definition) is 1. The predicted molar refractivity (Wildman–Crippen MR) is 129 cm³/mol. The van der Waals surface area contributed by atoms with Crippen LogP contribution in [0.2, 0.25) is 0 Å². The highest BCUT2D eigenvalue weighted by molar-refractivity contribution is 5.97. The fraction of sp³-hybridized carbons (Fsp3) is 0.385.